The first-order valence-electron chi connectivity index (χ1n) is 27.0. The lowest BCUT2D eigenvalue weighted by Gasteiger charge is -2.29. The van der Waals surface area contributed by atoms with Gasteiger partial charge < -0.3 is 100 Å². The van der Waals surface area contributed by atoms with Crippen LogP contribution >= 0.6 is 0 Å². The molecule has 0 saturated carbocycles. The number of imidazole rings is 1. The van der Waals surface area contributed by atoms with Gasteiger partial charge in [-0.1, -0.05) is 54.4 Å². The minimum atomic E-state index is -2.01. The van der Waals surface area contributed by atoms with Crippen LogP contribution in [0.3, 0.4) is 0 Å². The van der Waals surface area contributed by atoms with E-state index in [-0.39, 0.29) is 38.1 Å². The Balaban J connectivity index is 3.21. The van der Waals surface area contributed by atoms with E-state index in [9.17, 15) is 93.0 Å². The van der Waals surface area contributed by atoms with Gasteiger partial charge in [-0.3, -0.25) is 57.5 Å². The number of nitrogens with zero attached hydrogens (tertiary/aromatic N) is 1. The molecule has 33 nitrogen and oxygen atoms in total. The zero-order valence-corrected chi connectivity index (χ0v) is 47.4. The molecule has 10 amide bonds. The molecule has 33 heteroatoms. The minimum Gasteiger partial charge on any atom is -0.481 e. The van der Waals surface area contributed by atoms with E-state index in [2.05, 4.69) is 63.1 Å². The third-order valence-corrected chi connectivity index (χ3v) is 12.7. The van der Waals surface area contributed by atoms with Crippen molar-refractivity contribution in [1.82, 2.24) is 63.1 Å². The first kappa shape index (κ1) is 73.1. The normalized spacial score (nSPS) is 15.1. The van der Waals surface area contributed by atoms with Crippen LogP contribution in [0.15, 0.2) is 12.5 Å². The van der Waals surface area contributed by atoms with Crippen molar-refractivity contribution < 1.29 is 93.0 Å². The Kier molecular flexibility index (Phi) is 33.5. The number of carbonyl (C=O) groups is 13. The topological polar surface area (TPSA) is 544 Å². The van der Waals surface area contributed by atoms with E-state index in [4.69, 9.17) is 11.5 Å². The molecule has 11 atom stereocenters. The molecule has 0 bridgehead atoms. The molecule has 0 aliphatic carbocycles. The molecule has 1 rings (SSSR count). The summed E-state index contributed by atoms with van der Waals surface area (Å²) in [7, 11) is 0. The molecule has 0 aromatic carbocycles. The molecule has 0 spiro atoms. The van der Waals surface area contributed by atoms with E-state index in [1.165, 1.54) is 33.3 Å². The third-order valence-electron chi connectivity index (χ3n) is 12.7. The van der Waals surface area contributed by atoms with Gasteiger partial charge in [0.2, 0.25) is 59.1 Å². The van der Waals surface area contributed by atoms with E-state index in [0.717, 1.165) is 0 Å². The fraction of sp³-hybridized carbons (Fsp3) is 0.680. The van der Waals surface area contributed by atoms with Crippen LogP contribution in [0.5, 0.6) is 0 Å². The van der Waals surface area contributed by atoms with Gasteiger partial charge in [-0.25, -0.2) is 9.78 Å². The van der Waals surface area contributed by atoms with Crippen LogP contribution in [0.25, 0.3) is 0 Å². The lowest BCUT2D eigenvalue weighted by atomic mass is 9.97. The standard InChI is InChI=1S/C50H84N14O19/c1-7-26(6)40(64-47(79)35(22-67)62-46(78)34(21-66)61-43(75)30(16-24(2)3)58-41(73)28(52)10-8-9-14-51)49(81)57-29(11-12-37(69)70)42(74)60-33(20-65)45(77)59-31(18-38(71)72)44(76)63-39(25(4)5)48(80)54-15-13-36(68)56-32(50(82)83)17-27-19-53-23-55-27/h19,23-26,28-35,39-40,65-67H,7-18,20-22,51-52H2,1-6H3,(H,53,55)(H,54,80)(H,56,68)(H,57,81)(H,58,73)(H,59,77)(H,60,74)(H,61,75)(H,62,78)(H,63,76)(H,64,79)(H,69,70)(H,71,72)(H,82,83)/t26-,28-,29-,30-,31-,32-,33-,34-,35-,39-,40-/m0/s1. The molecule has 468 valence electrons. The molecule has 0 saturated heterocycles. The van der Waals surface area contributed by atoms with E-state index in [1.54, 1.807) is 20.8 Å². The summed E-state index contributed by atoms with van der Waals surface area (Å²) in [4.78, 5) is 176. The second kappa shape index (κ2) is 38.0. The summed E-state index contributed by atoms with van der Waals surface area (Å²) < 4.78 is 0. The molecule has 1 heterocycles. The predicted octanol–water partition coefficient (Wildman–Crippen LogP) is -6.57. The highest BCUT2D eigenvalue weighted by Crippen LogP contribution is 2.12. The molecule has 83 heavy (non-hydrogen) atoms. The number of aromatic nitrogens is 2. The maximum Gasteiger partial charge on any atom is 0.326 e. The molecule has 1 aromatic heterocycles. The lowest BCUT2D eigenvalue weighted by Crippen LogP contribution is -2.62. The van der Waals surface area contributed by atoms with Crippen molar-refractivity contribution in [3.8, 4) is 0 Å². The van der Waals surface area contributed by atoms with Crippen molar-refractivity contribution in [2.24, 2.45) is 29.2 Å². The van der Waals surface area contributed by atoms with Crippen LogP contribution in [0.1, 0.15) is 105 Å². The quantitative estimate of drug-likeness (QED) is 0.0271. The molecule has 0 fully saturated rings. The van der Waals surface area contributed by atoms with Gasteiger partial charge in [0.05, 0.1) is 38.6 Å². The minimum absolute atomic E-state index is 0.0912. The van der Waals surface area contributed by atoms with Crippen LogP contribution in [0.2, 0.25) is 0 Å². The number of hydrogen-bond donors (Lipinski definition) is 19. The Morgan fingerprint density at radius 2 is 1.05 bits per heavy atom. The number of aliphatic carboxylic acids is 3. The zero-order valence-electron chi connectivity index (χ0n) is 47.4. The van der Waals surface area contributed by atoms with Crippen molar-refractivity contribution in [2.75, 3.05) is 32.9 Å². The number of nitrogens with two attached hydrogens (primary N) is 2. The number of carboxylic acid groups (broad SMARTS) is 3. The number of hydrogen-bond acceptors (Lipinski definition) is 19. The van der Waals surface area contributed by atoms with Crippen LogP contribution in [-0.2, 0) is 68.7 Å². The third kappa shape index (κ3) is 27.2. The van der Waals surface area contributed by atoms with E-state index in [0.29, 0.717) is 25.1 Å². The fourth-order valence-electron chi connectivity index (χ4n) is 7.71. The Labute approximate surface area is 478 Å². The first-order chi connectivity index (χ1) is 39.0. The molecule has 21 N–H and O–H groups in total. The van der Waals surface area contributed by atoms with E-state index in [1.807, 2.05) is 0 Å². The molecule has 1 aromatic rings. The monoisotopic (exact) mass is 1180 g/mol. The molecule has 0 radical (unpaired) electrons. The van der Waals surface area contributed by atoms with Crippen LogP contribution < -0.4 is 64.6 Å². The van der Waals surface area contributed by atoms with Crippen molar-refractivity contribution in [2.45, 2.75) is 166 Å². The van der Waals surface area contributed by atoms with Crippen molar-refractivity contribution in [1.29, 1.82) is 0 Å². The van der Waals surface area contributed by atoms with Gasteiger partial charge in [-0.15, -0.1) is 0 Å². The molecule has 0 unspecified atom stereocenters. The maximum atomic E-state index is 13.9. The summed E-state index contributed by atoms with van der Waals surface area (Å²) in [6, 6.07) is -15.9. The fourth-order valence-corrected chi connectivity index (χ4v) is 7.71. The lowest BCUT2D eigenvalue weighted by molar-refractivity contribution is -0.142. The SMILES string of the molecule is CC[C@H](C)[C@H](NC(=O)[C@H](CO)NC(=O)[C@H](CO)NC(=O)[C@H](CC(C)C)NC(=O)[C@@H](N)CCCCN)C(=O)N[C@@H](CCC(=O)O)C(=O)N[C@@H](CO)C(=O)N[C@@H](CC(=O)O)C(=O)N[C@H](C(=O)NCCC(=O)N[C@@H](Cc1cnc[nH]1)C(=O)O)C(C)C. The van der Waals surface area contributed by atoms with Gasteiger partial charge in [-0.2, -0.15) is 0 Å². The highest BCUT2D eigenvalue weighted by atomic mass is 16.4. The van der Waals surface area contributed by atoms with Crippen molar-refractivity contribution in [3.63, 3.8) is 0 Å². The summed E-state index contributed by atoms with van der Waals surface area (Å²) in [5.74, 6) is -16.6. The zero-order chi connectivity index (χ0) is 63.1. The van der Waals surface area contributed by atoms with Crippen LogP contribution in [0.4, 0.5) is 0 Å². The van der Waals surface area contributed by atoms with Gasteiger partial charge in [-0.05, 0) is 50.0 Å². The Morgan fingerprint density at radius 1 is 0.554 bits per heavy atom. The largest absolute Gasteiger partial charge is 0.481 e. The Morgan fingerprint density at radius 3 is 1.52 bits per heavy atom. The van der Waals surface area contributed by atoms with Crippen molar-refractivity contribution >= 4 is 77.0 Å². The summed E-state index contributed by atoms with van der Waals surface area (Å²) >= 11 is 0. The number of carboxylic acids is 3. The van der Waals surface area contributed by atoms with Crippen LogP contribution in [0, 0.1) is 17.8 Å². The number of unbranched alkanes of at least 4 members (excludes halogenated alkanes) is 1. The number of aliphatic hydroxyl groups excluding tert-OH is 3. The summed E-state index contributed by atoms with van der Waals surface area (Å²) in [5, 5.41) is 82.1. The second-order valence-electron chi connectivity index (χ2n) is 20.3. The number of carbonyl (C=O) groups excluding carboxylic acids is 10. The molecular formula is C50H84N14O19. The highest BCUT2D eigenvalue weighted by molar-refractivity contribution is 5.99. The number of H-pyrrole nitrogens is 1. The van der Waals surface area contributed by atoms with Gasteiger partial charge >= 0.3 is 17.9 Å². The average Bonchev–Trinajstić information content (AvgIpc) is 3.99. The first-order valence-corrected chi connectivity index (χ1v) is 27.0. The number of amides is 10. The maximum absolute atomic E-state index is 13.9. The summed E-state index contributed by atoms with van der Waals surface area (Å²) in [6.07, 6.45) is 1.32. The smallest absolute Gasteiger partial charge is 0.326 e. The molecule has 0 aliphatic rings. The second-order valence-corrected chi connectivity index (χ2v) is 20.3. The number of aromatic amines is 1. The van der Waals surface area contributed by atoms with Gasteiger partial charge in [0.15, 0.2) is 0 Å². The molecular weight excluding hydrogens is 1100 g/mol. The van der Waals surface area contributed by atoms with E-state index >= 15 is 0 Å². The van der Waals surface area contributed by atoms with Gasteiger partial charge in [0, 0.05) is 37.7 Å². The molecule has 0 aliphatic heterocycles. The van der Waals surface area contributed by atoms with E-state index < -0.39 is 195 Å². The van der Waals surface area contributed by atoms with Crippen molar-refractivity contribution in [3.05, 3.63) is 18.2 Å². The Bertz CT molecular complexity index is 2340. The number of rotatable bonds is 41. The van der Waals surface area contributed by atoms with Gasteiger partial charge in [0.25, 0.3) is 0 Å². The number of nitrogens with one attached hydrogen (secondary N) is 11. The summed E-state index contributed by atoms with van der Waals surface area (Å²) in [6.45, 7) is 6.31. The summed E-state index contributed by atoms with van der Waals surface area (Å²) in [5.41, 5.74) is 11.9. The van der Waals surface area contributed by atoms with Crippen LogP contribution in [-0.4, -0.2) is 211 Å². The average molecular weight is 1190 g/mol. The predicted molar refractivity (Wildman–Crippen MR) is 290 cm³/mol. The Hall–Kier alpha value is -7.88. The highest BCUT2D eigenvalue weighted by Gasteiger charge is 2.37. The van der Waals surface area contributed by atoms with Gasteiger partial charge in [0.1, 0.15) is 54.4 Å². The number of aliphatic hydroxyl groups is 3.